The third kappa shape index (κ3) is 2.24. The van der Waals surface area contributed by atoms with Gasteiger partial charge in [-0.15, -0.1) is 0 Å². The summed E-state index contributed by atoms with van der Waals surface area (Å²) in [5.74, 6) is 1.46. The van der Waals surface area contributed by atoms with Gasteiger partial charge in [0.2, 0.25) is 5.95 Å². The van der Waals surface area contributed by atoms with E-state index < -0.39 is 0 Å². The average molecular weight is 219 g/mol. The second-order valence-corrected chi connectivity index (χ2v) is 4.31. The van der Waals surface area contributed by atoms with Crippen LogP contribution in [-0.4, -0.2) is 26.3 Å². The molecule has 0 aliphatic rings. The monoisotopic (exact) mass is 219 g/mol. The van der Waals surface area contributed by atoms with Crippen molar-refractivity contribution >= 4 is 5.95 Å². The van der Waals surface area contributed by atoms with Gasteiger partial charge in [0.1, 0.15) is 0 Å². The maximum Gasteiger partial charge on any atom is 0.207 e. The third-order valence-electron chi connectivity index (χ3n) is 2.26. The predicted octanol–water partition coefficient (Wildman–Crippen LogP) is 1.97. The summed E-state index contributed by atoms with van der Waals surface area (Å²) in [6.07, 6.45) is 5.62. The van der Waals surface area contributed by atoms with Gasteiger partial charge >= 0.3 is 0 Å². The van der Waals surface area contributed by atoms with Gasteiger partial charge < -0.3 is 5.32 Å². The Hall–Kier alpha value is -1.78. The summed E-state index contributed by atoms with van der Waals surface area (Å²) in [5.41, 5.74) is 1.99. The molecule has 0 unspecified atom stereocenters. The standard InChI is InChI=1S/C11H17N5/c1-8(2)4-12-11-15-9(3)7-16(11)10-5-13-14-6-10/h5-8H,4H2,1-3H3,(H,12,15)(H,13,14). The van der Waals surface area contributed by atoms with Gasteiger partial charge in [-0.1, -0.05) is 13.8 Å². The van der Waals surface area contributed by atoms with E-state index in [1.54, 1.807) is 6.20 Å². The van der Waals surface area contributed by atoms with Crippen LogP contribution in [0.25, 0.3) is 5.69 Å². The highest BCUT2D eigenvalue weighted by Gasteiger charge is 2.08. The van der Waals surface area contributed by atoms with Gasteiger partial charge in [0.15, 0.2) is 0 Å². The lowest BCUT2D eigenvalue weighted by Crippen LogP contribution is -2.11. The van der Waals surface area contributed by atoms with Crippen LogP contribution < -0.4 is 5.32 Å². The molecule has 2 N–H and O–H groups in total. The van der Waals surface area contributed by atoms with Gasteiger partial charge in [-0.2, -0.15) is 5.10 Å². The Morgan fingerprint density at radius 3 is 2.94 bits per heavy atom. The Bertz CT molecular complexity index is 441. The van der Waals surface area contributed by atoms with Crippen molar-refractivity contribution in [2.24, 2.45) is 5.92 Å². The Labute approximate surface area is 94.9 Å². The largest absolute Gasteiger partial charge is 0.355 e. The zero-order valence-electron chi connectivity index (χ0n) is 9.86. The van der Waals surface area contributed by atoms with Crippen LogP contribution >= 0.6 is 0 Å². The van der Waals surface area contributed by atoms with Crippen LogP contribution in [0.3, 0.4) is 0 Å². The quantitative estimate of drug-likeness (QED) is 0.826. The summed E-state index contributed by atoms with van der Waals surface area (Å²) in [6, 6.07) is 0. The molecular weight excluding hydrogens is 202 g/mol. The molecule has 0 saturated carbocycles. The average Bonchev–Trinajstić information content (AvgIpc) is 2.82. The minimum Gasteiger partial charge on any atom is -0.355 e. The summed E-state index contributed by atoms with van der Waals surface area (Å²) >= 11 is 0. The number of imidazole rings is 1. The lowest BCUT2D eigenvalue weighted by atomic mass is 10.2. The molecule has 0 amide bonds. The fourth-order valence-electron chi connectivity index (χ4n) is 1.49. The fourth-order valence-corrected chi connectivity index (χ4v) is 1.49. The molecule has 0 fully saturated rings. The second-order valence-electron chi connectivity index (χ2n) is 4.31. The van der Waals surface area contributed by atoms with Crippen molar-refractivity contribution < 1.29 is 0 Å². The number of anilines is 1. The van der Waals surface area contributed by atoms with Crippen LogP contribution in [0.1, 0.15) is 19.5 Å². The fraction of sp³-hybridized carbons (Fsp3) is 0.455. The third-order valence-corrected chi connectivity index (χ3v) is 2.26. The molecule has 0 radical (unpaired) electrons. The molecule has 2 rings (SSSR count). The van der Waals surface area contributed by atoms with E-state index >= 15 is 0 Å². The van der Waals surface area contributed by atoms with Crippen molar-refractivity contribution in [3.8, 4) is 5.69 Å². The van der Waals surface area contributed by atoms with Crippen molar-refractivity contribution in [1.82, 2.24) is 19.7 Å². The van der Waals surface area contributed by atoms with Crippen molar-refractivity contribution in [1.29, 1.82) is 0 Å². The molecule has 5 nitrogen and oxygen atoms in total. The van der Waals surface area contributed by atoms with E-state index in [9.17, 15) is 0 Å². The van der Waals surface area contributed by atoms with Crippen LogP contribution in [0.4, 0.5) is 5.95 Å². The van der Waals surface area contributed by atoms with Gasteiger partial charge in [0.25, 0.3) is 0 Å². The van der Waals surface area contributed by atoms with E-state index in [0.717, 1.165) is 23.9 Å². The minimum absolute atomic E-state index is 0.592. The number of H-pyrrole nitrogens is 1. The highest BCUT2D eigenvalue weighted by molar-refractivity contribution is 5.40. The van der Waals surface area contributed by atoms with E-state index in [1.807, 2.05) is 23.9 Å². The molecule has 0 spiro atoms. The summed E-state index contributed by atoms with van der Waals surface area (Å²) < 4.78 is 2.00. The predicted molar refractivity (Wildman–Crippen MR) is 63.8 cm³/mol. The molecule has 0 aromatic carbocycles. The van der Waals surface area contributed by atoms with Crippen LogP contribution in [0, 0.1) is 12.8 Å². The van der Waals surface area contributed by atoms with Crippen LogP contribution in [0.15, 0.2) is 18.6 Å². The minimum atomic E-state index is 0.592. The maximum absolute atomic E-state index is 4.45. The molecule has 0 aliphatic heterocycles. The first-order valence-corrected chi connectivity index (χ1v) is 5.46. The molecular formula is C11H17N5. The highest BCUT2D eigenvalue weighted by atomic mass is 15.2. The Balaban J connectivity index is 2.24. The normalized spacial score (nSPS) is 11.0. The topological polar surface area (TPSA) is 58.5 Å². The number of hydrogen-bond donors (Lipinski definition) is 2. The zero-order chi connectivity index (χ0) is 11.5. The van der Waals surface area contributed by atoms with Crippen LogP contribution in [0.5, 0.6) is 0 Å². The first-order valence-electron chi connectivity index (χ1n) is 5.46. The van der Waals surface area contributed by atoms with E-state index in [1.165, 1.54) is 0 Å². The second kappa shape index (κ2) is 4.38. The first-order chi connectivity index (χ1) is 7.66. The van der Waals surface area contributed by atoms with E-state index in [2.05, 4.69) is 34.3 Å². The number of aromatic amines is 1. The number of aryl methyl sites for hydroxylation is 1. The van der Waals surface area contributed by atoms with Crippen molar-refractivity contribution in [3.63, 3.8) is 0 Å². The lowest BCUT2D eigenvalue weighted by Gasteiger charge is -2.09. The van der Waals surface area contributed by atoms with Crippen LogP contribution in [-0.2, 0) is 0 Å². The Kier molecular flexibility index (Phi) is 2.94. The number of nitrogens with zero attached hydrogens (tertiary/aromatic N) is 3. The molecule has 2 aromatic heterocycles. The summed E-state index contributed by atoms with van der Waals surface area (Å²) in [4.78, 5) is 4.45. The summed E-state index contributed by atoms with van der Waals surface area (Å²) in [6.45, 7) is 7.24. The Morgan fingerprint density at radius 2 is 2.31 bits per heavy atom. The number of nitrogens with one attached hydrogen (secondary N) is 2. The molecule has 0 aliphatic carbocycles. The number of aromatic nitrogens is 4. The molecule has 0 saturated heterocycles. The maximum atomic E-state index is 4.45. The van der Waals surface area contributed by atoms with E-state index in [0.29, 0.717) is 5.92 Å². The van der Waals surface area contributed by atoms with Crippen molar-refractivity contribution in [2.75, 3.05) is 11.9 Å². The molecule has 16 heavy (non-hydrogen) atoms. The number of hydrogen-bond acceptors (Lipinski definition) is 3. The van der Waals surface area contributed by atoms with Crippen LogP contribution in [0.2, 0.25) is 0 Å². The van der Waals surface area contributed by atoms with Crippen molar-refractivity contribution in [3.05, 3.63) is 24.3 Å². The SMILES string of the molecule is Cc1cn(-c2cn[nH]c2)c(NCC(C)C)n1. The first kappa shape index (κ1) is 10.7. The highest BCUT2D eigenvalue weighted by Crippen LogP contribution is 2.15. The zero-order valence-corrected chi connectivity index (χ0v) is 9.86. The molecule has 2 aromatic rings. The van der Waals surface area contributed by atoms with E-state index in [-0.39, 0.29) is 0 Å². The molecule has 2 heterocycles. The number of rotatable bonds is 4. The summed E-state index contributed by atoms with van der Waals surface area (Å²) in [5, 5.41) is 10.1. The van der Waals surface area contributed by atoms with Gasteiger partial charge in [0, 0.05) is 18.9 Å². The molecule has 0 bridgehead atoms. The van der Waals surface area contributed by atoms with Gasteiger partial charge in [-0.05, 0) is 12.8 Å². The molecule has 86 valence electrons. The molecule has 0 atom stereocenters. The van der Waals surface area contributed by atoms with Gasteiger partial charge in [0.05, 0.1) is 17.6 Å². The van der Waals surface area contributed by atoms with E-state index in [4.69, 9.17) is 0 Å². The van der Waals surface area contributed by atoms with Crippen molar-refractivity contribution in [2.45, 2.75) is 20.8 Å². The smallest absolute Gasteiger partial charge is 0.207 e. The lowest BCUT2D eigenvalue weighted by molar-refractivity contribution is 0.683. The molecule has 5 heteroatoms. The van der Waals surface area contributed by atoms with Gasteiger partial charge in [-0.3, -0.25) is 9.67 Å². The summed E-state index contributed by atoms with van der Waals surface area (Å²) in [7, 11) is 0. The Morgan fingerprint density at radius 1 is 1.50 bits per heavy atom. The van der Waals surface area contributed by atoms with Gasteiger partial charge in [-0.25, -0.2) is 4.98 Å².